The summed E-state index contributed by atoms with van der Waals surface area (Å²) in [5.41, 5.74) is 1.29. The van der Waals surface area contributed by atoms with Crippen LogP contribution in [-0.2, 0) is 0 Å². The van der Waals surface area contributed by atoms with Crippen molar-refractivity contribution in [3.63, 3.8) is 0 Å². The van der Waals surface area contributed by atoms with Gasteiger partial charge in [-0.3, -0.25) is 0 Å². The number of hydrogen-bond acceptors (Lipinski definition) is 3. The molecule has 0 radical (unpaired) electrons. The number of carboxylic acid groups (broad SMARTS) is 1. The molecule has 2 heterocycles. The molecule has 3 aromatic rings. The Bertz CT molecular complexity index is 745. The van der Waals surface area contributed by atoms with E-state index in [0.717, 1.165) is 11.0 Å². The second-order valence-corrected chi connectivity index (χ2v) is 4.11. The van der Waals surface area contributed by atoms with Crippen LogP contribution in [0.15, 0.2) is 41.1 Å². The van der Waals surface area contributed by atoms with Crippen LogP contribution in [0.1, 0.15) is 10.5 Å². The van der Waals surface area contributed by atoms with E-state index in [-0.39, 0.29) is 10.7 Å². The number of hydrogen-bond donors (Lipinski definition) is 1. The van der Waals surface area contributed by atoms with Gasteiger partial charge in [-0.15, -0.1) is 0 Å². The fraction of sp³-hybridized carbons (Fsp3) is 0. The fourth-order valence-electron chi connectivity index (χ4n) is 1.80. The third-order valence-corrected chi connectivity index (χ3v) is 2.88. The van der Waals surface area contributed by atoms with Gasteiger partial charge in [0.2, 0.25) is 0 Å². The first-order chi connectivity index (χ1) is 8.66. The Kier molecular flexibility index (Phi) is 2.34. The Hall–Kier alpha value is -2.27. The van der Waals surface area contributed by atoms with Crippen LogP contribution in [0.4, 0.5) is 0 Å². The van der Waals surface area contributed by atoms with E-state index in [2.05, 4.69) is 5.10 Å². The number of rotatable bonds is 2. The Labute approximate surface area is 106 Å². The molecule has 0 unspecified atom stereocenters. The number of nitrogens with zero attached hydrogens (tertiary/aromatic N) is 2. The summed E-state index contributed by atoms with van der Waals surface area (Å²) in [5, 5.41) is 14.1. The number of fused-ring (bicyclic) bond motifs is 1. The molecule has 2 aromatic heterocycles. The van der Waals surface area contributed by atoms with Gasteiger partial charge in [-0.05, 0) is 24.3 Å². The Morgan fingerprint density at radius 2 is 2.22 bits per heavy atom. The monoisotopic (exact) mass is 262 g/mol. The van der Waals surface area contributed by atoms with Gasteiger partial charge in [-0.25, -0.2) is 9.48 Å². The predicted octanol–water partition coefficient (Wildman–Crippen LogP) is 2.97. The highest BCUT2D eigenvalue weighted by Crippen LogP contribution is 2.23. The van der Waals surface area contributed by atoms with E-state index < -0.39 is 5.97 Å². The van der Waals surface area contributed by atoms with Gasteiger partial charge in [-0.2, -0.15) is 5.10 Å². The van der Waals surface area contributed by atoms with Crippen molar-refractivity contribution in [2.24, 2.45) is 0 Å². The van der Waals surface area contributed by atoms with E-state index in [1.165, 1.54) is 10.9 Å². The minimum atomic E-state index is -1.12. The molecule has 18 heavy (non-hydrogen) atoms. The number of aromatic nitrogens is 2. The second kappa shape index (κ2) is 3.89. The molecule has 1 N–H and O–H groups in total. The summed E-state index contributed by atoms with van der Waals surface area (Å²) in [7, 11) is 0. The fourth-order valence-corrected chi connectivity index (χ4v) is 2.01. The van der Waals surface area contributed by atoms with Crippen molar-refractivity contribution >= 4 is 28.5 Å². The molecule has 0 aliphatic carbocycles. The Balaban J connectivity index is 2.22. The first kappa shape index (κ1) is 10.9. The maximum atomic E-state index is 11.1. The lowest BCUT2D eigenvalue weighted by molar-refractivity contribution is 0.0687. The summed E-state index contributed by atoms with van der Waals surface area (Å²) in [5.74, 6) is -1.12. The number of carbonyl (C=O) groups is 1. The smallest absolute Gasteiger partial charge is 0.356 e. The average molecular weight is 263 g/mol. The standard InChI is InChI=1S/C12H7ClN2O3/c13-9-6-14-15(11(9)12(16)17)8-1-2-10-7(5-8)3-4-18-10/h1-6H,(H,16,17). The van der Waals surface area contributed by atoms with E-state index in [0.29, 0.717) is 5.69 Å². The Morgan fingerprint density at radius 3 is 3.00 bits per heavy atom. The van der Waals surface area contributed by atoms with Crippen LogP contribution in [0.5, 0.6) is 0 Å². The van der Waals surface area contributed by atoms with Crippen molar-refractivity contribution in [2.75, 3.05) is 0 Å². The maximum Gasteiger partial charge on any atom is 0.356 e. The number of carboxylic acids is 1. The first-order valence-corrected chi connectivity index (χ1v) is 5.49. The zero-order valence-corrected chi connectivity index (χ0v) is 9.76. The predicted molar refractivity (Wildman–Crippen MR) is 65.3 cm³/mol. The lowest BCUT2D eigenvalue weighted by Gasteiger charge is -2.04. The van der Waals surface area contributed by atoms with Gasteiger partial charge in [0.05, 0.1) is 23.2 Å². The van der Waals surface area contributed by atoms with Gasteiger partial charge < -0.3 is 9.52 Å². The average Bonchev–Trinajstić information content (AvgIpc) is 2.93. The van der Waals surface area contributed by atoms with E-state index in [9.17, 15) is 4.79 Å². The van der Waals surface area contributed by atoms with Crippen LogP contribution in [0.25, 0.3) is 16.7 Å². The molecule has 0 saturated heterocycles. The SMILES string of the molecule is O=C(O)c1c(Cl)cnn1-c1ccc2occc2c1. The van der Waals surface area contributed by atoms with Crippen LogP contribution in [0.3, 0.4) is 0 Å². The van der Waals surface area contributed by atoms with E-state index in [1.807, 2.05) is 0 Å². The van der Waals surface area contributed by atoms with Crippen LogP contribution < -0.4 is 0 Å². The molecule has 0 bridgehead atoms. The molecule has 0 amide bonds. The molecule has 0 aliphatic heterocycles. The first-order valence-electron chi connectivity index (χ1n) is 5.11. The molecular weight excluding hydrogens is 256 g/mol. The molecule has 3 rings (SSSR count). The minimum absolute atomic E-state index is 0.0560. The van der Waals surface area contributed by atoms with Crippen molar-refractivity contribution in [3.8, 4) is 5.69 Å². The van der Waals surface area contributed by atoms with Crippen LogP contribution >= 0.6 is 11.6 Å². The number of furan rings is 1. The molecule has 0 fully saturated rings. The molecular formula is C12H7ClN2O3. The summed E-state index contributed by atoms with van der Waals surface area (Å²) in [6.45, 7) is 0. The van der Waals surface area contributed by atoms with Gasteiger partial charge in [0, 0.05) is 5.39 Å². The minimum Gasteiger partial charge on any atom is -0.476 e. The largest absolute Gasteiger partial charge is 0.476 e. The normalized spacial score (nSPS) is 10.9. The third kappa shape index (κ3) is 1.56. The van der Waals surface area contributed by atoms with E-state index >= 15 is 0 Å². The number of benzene rings is 1. The lowest BCUT2D eigenvalue weighted by atomic mass is 10.2. The quantitative estimate of drug-likeness (QED) is 0.771. The van der Waals surface area contributed by atoms with Crippen molar-refractivity contribution in [3.05, 3.63) is 47.4 Å². The van der Waals surface area contributed by atoms with Crippen molar-refractivity contribution in [1.82, 2.24) is 9.78 Å². The van der Waals surface area contributed by atoms with E-state index in [4.69, 9.17) is 21.1 Å². The summed E-state index contributed by atoms with van der Waals surface area (Å²) >= 11 is 5.80. The number of aromatic carboxylic acids is 1. The summed E-state index contributed by atoms with van der Waals surface area (Å²) < 4.78 is 6.51. The highest BCUT2D eigenvalue weighted by atomic mass is 35.5. The summed E-state index contributed by atoms with van der Waals surface area (Å²) in [4.78, 5) is 11.1. The molecule has 6 heteroatoms. The third-order valence-electron chi connectivity index (χ3n) is 2.61. The molecule has 5 nitrogen and oxygen atoms in total. The van der Waals surface area contributed by atoms with Crippen LogP contribution in [0.2, 0.25) is 5.02 Å². The van der Waals surface area contributed by atoms with Gasteiger partial charge in [0.1, 0.15) is 5.58 Å². The van der Waals surface area contributed by atoms with Crippen molar-refractivity contribution in [2.45, 2.75) is 0 Å². The van der Waals surface area contributed by atoms with Gasteiger partial charge >= 0.3 is 5.97 Å². The molecule has 0 saturated carbocycles. The molecule has 0 atom stereocenters. The lowest BCUT2D eigenvalue weighted by Crippen LogP contribution is -2.08. The van der Waals surface area contributed by atoms with E-state index in [1.54, 1.807) is 30.5 Å². The highest BCUT2D eigenvalue weighted by Gasteiger charge is 2.17. The number of halogens is 1. The molecule has 0 aliphatic rings. The summed E-state index contributed by atoms with van der Waals surface area (Å²) in [6, 6.07) is 7.06. The zero-order chi connectivity index (χ0) is 12.7. The molecule has 1 aromatic carbocycles. The maximum absolute atomic E-state index is 11.1. The van der Waals surface area contributed by atoms with Crippen LogP contribution in [0, 0.1) is 0 Å². The van der Waals surface area contributed by atoms with Crippen molar-refractivity contribution in [1.29, 1.82) is 0 Å². The Morgan fingerprint density at radius 1 is 1.39 bits per heavy atom. The van der Waals surface area contributed by atoms with Gasteiger partial charge in [0.25, 0.3) is 0 Å². The van der Waals surface area contributed by atoms with Gasteiger partial charge in [-0.1, -0.05) is 11.6 Å². The highest BCUT2D eigenvalue weighted by molar-refractivity contribution is 6.33. The summed E-state index contributed by atoms with van der Waals surface area (Å²) in [6.07, 6.45) is 2.88. The molecule has 90 valence electrons. The topological polar surface area (TPSA) is 68.3 Å². The van der Waals surface area contributed by atoms with Gasteiger partial charge in [0.15, 0.2) is 5.69 Å². The molecule has 0 spiro atoms. The second-order valence-electron chi connectivity index (χ2n) is 3.70. The van der Waals surface area contributed by atoms with Crippen LogP contribution in [-0.4, -0.2) is 20.9 Å². The van der Waals surface area contributed by atoms with Crippen molar-refractivity contribution < 1.29 is 14.3 Å². The zero-order valence-electron chi connectivity index (χ0n) is 9.00.